The summed E-state index contributed by atoms with van der Waals surface area (Å²) in [7, 11) is 0. The summed E-state index contributed by atoms with van der Waals surface area (Å²) in [4.78, 5) is 15.0. The number of hydrogen-bond donors (Lipinski definition) is 0. The van der Waals surface area contributed by atoms with Gasteiger partial charge in [0.15, 0.2) is 17.5 Å². The van der Waals surface area contributed by atoms with Crippen LogP contribution in [0.25, 0.3) is 99.9 Å². The maximum Gasteiger partial charge on any atom is 0.164 e. The molecule has 51 heavy (non-hydrogen) atoms. The standard InChI is InChI=1S/C47H29N3O/c1-3-13-32(14-4-1)45-48-46(33-15-5-2-6-16-33)50-47(49-45)40-28-27-36(44-43(40)39-21-11-12-22-42(39)51-44)30-23-25-31(26-24-30)41-29-34-17-7-8-18-35(34)37-19-9-10-20-38(37)41/h1-29H. The topological polar surface area (TPSA) is 51.8 Å². The minimum absolute atomic E-state index is 0.601. The number of aromatic nitrogens is 3. The SMILES string of the molecule is c1ccc(-c2nc(-c3ccccc3)nc(-c3ccc(-c4ccc(-c5cc6ccccc6c6ccccc56)cc4)c4oc5ccccc5c34)n2)cc1. The van der Waals surface area contributed by atoms with Crippen LogP contribution in [0.5, 0.6) is 0 Å². The van der Waals surface area contributed by atoms with Gasteiger partial charge in [0.2, 0.25) is 0 Å². The first-order valence-electron chi connectivity index (χ1n) is 17.1. The van der Waals surface area contributed by atoms with Crippen LogP contribution >= 0.6 is 0 Å². The van der Waals surface area contributed by atoms with Gasteiger partial charge in [-0.25, -0.2) is 15.0 Å². The molecule has 8 aromatic carbocycles. The molecule has 0 unspecified atom stereocenters. The van der Waals surface area contributed by atoms with E-state index in [9.17, 15) is 0 Å². The Morgan fingerprint density at radius 1 is 0.333 bits per heavy atom. The molecule has 0 atom stereocenters. The van der Waals surface area contributed by atoms with Gasteiger partial charge < -0.3 is 4.42 Å². The molecule has 10 aromatic rings. The maximum absolute atomic E-state index is 6.68. The van der Waals surface area contributed by atoms with Crippen LogP contribution in [0.3, 0.4) is 0 Å². The van der Waals surface area contributed by atoms with Gasteiger partial charge in [-0.2, -0.15) is 0 Å². The minimum atomic E-state index is 0.601. The highest BCUT2D eigenvalue weighted by atomic mass is 16.3. The molecular formula is C47H29N3O. The van der Waals surface area contributed by atoms with Crippen LogP contribution in [0.1, 0.15) is 0 Å². The summed E-state index contributed by atoms with van der Waals surface area (Å²) in [6, 6.07) is 61.0. The first-order valence-corrected chi connectivity index (χ1v) is 17.1. The molecule has 0 radical (unpaired) electrons. The molecule has 0 aliphatic carbocycles. The minimum Gasteiger partial charge on any atom is -0.455 e. The fourth-order valence-corrected chi connectivity index (χ4v) is 7.29. The molecule has 0 aliphatic heterocycles. The highest BCUT2D eigenvalue weighted by Crippen LogP contribution is 2.42. The second-order valence-corrected chi connectivity index (χ2v) is 12.8. The largest absolute Gasteiger partial charge is 0.455 e. The van der Waals surface area contributed by atoms with Crippen molar-refractivity contribution in [1.29, 1.82) is 0 Å². The molecule has 238 valence electrons. The van der Waals surface area contributed by atoms with E-state index in [2.05, 4.69) is 103 Å². The Hall–Kier alpha value is -6.91. The van der Waals surface area contributed by atoms with Crippen LogP contribution in [-0.4, -0.2) is 15.0 Å². The van der Waals surface area contributed by atoms with E-state index in [1.807, 2.05) is 72.8 Å². The highest BCUT2D eigenvalue weighted by Gasteiger charge is 2.21. The number of para-hydroxylation sites is 1. The Morgan fingerprint density at radius 2 is 0.843 bits per heavy atom. The number of benzene rings is 8. The normalized spacial score (nSPS) is 11.5. The summed E-state index contributed by atoms with van der Waals surface area (Å²) in [5.74, 6) is 1.85. The second kappa shape index (κ2) is 11.9. The zero-order chi connectivity index (χ0) is 33.7. The van der Waals surface area contributed by atoms with Crippen LogP contribution in [0, 0.1) is 0 Å². The smallest absolute Gasteiger partial charge is 0.164 e. The monoisotopic (exact) mass is 651 g/mol. The third kappa shape index (κ3) is 4.96. The van der Waals surface area contributed by atoms with Crippen LogP contribution in [0.2, 0.25) is 0 Å². The quantitative estimate of drug-likeness (QED) is 0.174. The van der Waals surface area contributed by atoms with E-state index in [0.29, 0.717) is 17.5 Å². The molecule has 0 fully saturated rings. The van der Waals surface area contributed by atoms with E-state index < -0.39 is 0 Å². The van der Waals surface area contributed by atoms with Gasteiger partial charge in [0.05, 0.1) is 0 Å². The van der Waals surface area contributed by atoms with Crippen molar-refractivity contribution in [1.82, 2.24) is 15.0 Å². The molecule has 2 heterocycles. The third-order valence-corrected chi connectivity index (χ3v) is 9.74. The van der Waals surface area contributed by atoms with Gasteiger partial charge in [0.1, 0.15) is 11.2 Å². The fraction of sp³-hybridized carbons (Fsp3) is 0. The van der Waals surface area contributed by atoms with E-state index in [1.165, 1.54) is 32.7 Å². The van der Waals surface area contributed by atoms with Crippen LogP contribution in [0.4, 0.5) is 0 Å². The summed E-state index contributed by atoms with van der Waals surface area (Å²) in [5.41, 5.74) is 8.87. The Balaban J connectivity index is 1.15. The van der Waals surface area contributed by atoms with Crippen molar-refractivity contribution >= 4 is 43.5 Å². The molecule has 0 aliphatic rings. The van der Waals surface area contributed by atoms with Gasteiger partial charge in [0, 0.05) is 33.0 Å². The Labute approximate surface area is 294 Å². The molecule has 0 saturated carbocycles. The predicted octanol–water partition coefficient (Wildman–Crippen LogP) is 12.4. The van der Waals surface area contributed by atoms with Gasteiger partial charge in [-0.1, -0.05) is 152 Å². The van der Waals surface area contributed by atoms with Crippen LogP contribution in [0.15, 0.2) is 180 Å². The third-order valence-electron chi connectivity index (χ3n) is 9.74. The van der Waals surface area contributed by atoms with Crippen molar-refractivity contribution in [3.63, 3.8) is 0 Å². The average Bonchev–Trinajstić information content (AvgIpc) is 3.61. The second-order valence-electron chi connectivity index (χ2n) is 12.8. The number of nitrogens with zero attached hydrogens (tertiary/aromatic N) is 3. The molecule has 4 heteroatoms. The maximum atomic E-state index is 6.68. The van der Waals surface area contributed by atoms with Gasteiger partial charge in [-0.15, -0.1) is 0 Å². The summed E-state index contributed by atoms with van der Waals surface area (Å²) in [6.07, 6.45) is 0. The predicted molar refractivity (Wildman–Crippen MR) is 209 cm³/mol. The first kappa shape index (κ1) is 29.0. The lowest BCUT2D eigenvalue weighted by Gasteiger charge is -2.12. The summed E-state index contributed by atoms with van der Waals surface area (Å²) >= 11 is 0. The van der Waals surface area contributed by atoms with Crippen molar-refractivity contribution in [3.05, 3.63) is 176 Å². The van der Waals surface area contributed by atoms with Crippen molar-refractivity contribution in [2.75, 3.05) is 0 Å². The molecule has 0 N–H and O–H groups in total. The van der Waals surface area contributed by atoms with E-state index in [0.717, 1.165) is 49.8 Å². The lowest BCUT2D eigenvalue weighted by atomic mass is 9.92. The molecular weight excluding hydrogens is 623 g/mol. The molecule has 0 bridgehead atoms. The van der Waals surface area contributed by atoms with Crippen molar-refractivity contribution in [2.24, 2.45) is 0 Å². The van der Waals surface area contributed by atoms with Gasteiger partial charge in [-0.3, -0.25) is 0 Å². The summed E-state index contributed by atoms with van der Waals surface area (Å²) in [6.45, 7) is 0. The van der Waals surface area contributed by atoms with Crippen molar-refractivity contribution in [2.45, 2.75) is 0 Å². The summed E-state index contributed by atoms with van der Waals surface area (Å²) in [5, 5.41) is 7.02. The van der Waals surface area contributed by atoms with Gasteiger partial charge >= 0.3 is 0 Å². The van der Waals surface area contributed by atoms with Gasteiger partial charge in [-0.05, 0) is 62.5 Å². The zero-order valence-corrected chi connectivity index (χ0v) is 27.5. The zero-order valence-electron chi connectivity index (χ0n) is 27.5. The van der Waals surface area contributed by atoms with Gasteiger partial charge in [0.25, 0.3) is 0 Å². The Morgan fingerprint density at radius 3 is 1.53 bits per heavy atom. The fourth-order valence-electron chi connectivity index (χ4n) is 7.29. The lowest BCUT2D eigenvalue weighted by molar-refractivity contribution is 0.670. The number of rotatable bonds is 5. The number of furan rings is 1. The first-order chi connectivity index (χ1) is 25.3. The molecule has 0 spiro atoms. The lowest BCUT2D eigenvalue weighted by Crippen LogP contribution is -2.00. The average molecular weight is 652 g/mol. The summed E-state index contributed by atoms with van der Waals surface area (Å²) < 4.78 is 6.68. The Kier molecular flexibility index (Phi) is 6.78. The molecule has 2 aromatic heterocycles. The molecule has 10 rings (SSSR count). The van der Waals surface area contributed by atoms with Crippen LogP contribution < -0.4 is 0 Å². The molecule has 4 nitrogen and oxygen atoms in total. The van der Waals surface area contributed by atoms with E-state index in [4.69, 9.17) is 19.4 Å². The van der Waals surface area contributed by atoms with Crippen LogP contribution in [-0.2, 0) is 0 Å². The van der Waals surface area contributed by atoms with E-state index in [1.54, 1.807) is 0 Å². The number of fused-ring (bicyclic) bond motifs is 6. The highest BCUT2D eigenvalue weighted by molar-refractivity contribution is 6.16. The number of hydrogen-bond acceptors (Lipinski definition) is 4. The van der Waals surface area contributed by atoms with Crippen molar-refractivity contribution < 1.29 is 4.42 Å². The van der Waals surface area contributed by atoms with E-state index in [-0.39, 0.29) is 0 Å². The van der Waals surface area contributed by atoms with Crippen molar-refractivity contribution in [3.8, 4) is 56.4 Å². The molecule has 0 saturated heterocycles. The molecule has 0 amide bonds. The Bertz CT molecular complexity index is 2840. The van der Waals surface area contributed by atoms with E-state index >= 15 is 0 Å².